The van der Waals surface area contributed by atoms with Crippen molar-refractivity contribution in [2.75, 3.05) is 14.2 Å². The van der Waals surface area contributed by atoms with Crippen molar-refractivity contribution >= 4 is 11.9 Å². The Labute approximate surface area is 150 Å². The fourth-order valence-corrected chi connectivity index (χ4v) is 2.23. The largest absolute Gasteiger partial charge is 0.478 e. The van der Waals surface area contributed by atoms with E-state index in [1.54, 1.807) is 6.92 Å². The number of ether oxygens (including phenoxy) is 3. The molecule has 0 amide bonds. The predicted octanol–water partition coefficient (Wildman–Crippen LogP) is 2.87. The van der Waals surface area contributed by atoms with Crippen LogP contribution in [0.4, 0.5) is 0 Å². The summed E-state index contributed by atoms with van der Waals surface area (Å²) in [6, 6.07) is 4.10. The smallest absolute Gasteiger partial charge is 0.347 e. The van der Waals surface area contributed by atoms with E-state index in [1.165, 1.54) is 19.8 Å². The number of hydrogen-bond donors (Lipinski definition) is 1. The van der Waals surface area contributed by atoms with Gasteiger partial charge in [0, 0.05) is 0 Å². The second kappa shape index (κ2) is 11.5. The SMILES string of the molecule is CC[C@@H](O)C(=O)OC.CC[C@H](Oc1c(C)cc(C)cc1C)C(=O)OC. The molecule has 2 atom stereocenters. The Morgan fingerprint density at radius 1 is 0.960 bits per heavy atom. The van der Waals surface area contributed by atoms with E-state index in [2.05, 4.69) is 4.74 Å². The van der Waals surface area contributed by atoms with Gasteiger partial charge >= 0.3 is 11.9 Å². The van der Waals surface area contributed by atoms with Gasteiger partial charge in [0.05, 0.1) is 14.2 Å². The van der Waals surface area contributed by atoms with Crippen LogP contribution in [-0.4, -0.2) is 43.5 Å². The zero-order chi connectivity index (χ0) is 19.6. The van der Waals surface area contributed by atoms with Crippen LogP contribution in [0.15, 0.2) is 12.1 Å². The number of benzene rings is 1. The molecule has 6 nitrogen and oxygen atoms in total. The van der Waals surface area contributed by atoms with Crippen molar-refractivity contribution in [3.8, 4) is 5.75 Å². The van der Waals surface area contributed by atoms with E-state index >= 15 is 0 Å². The molecular weight excluding hydrogens is 324 g/mol. The van der Waals surface area contributed by atoms with Crippen molar-refractivity contribution < 1.29 is 28.9 Å². The number of carbonyl (C=O) groups excluding carboxylic acids is 2. The molecule has 0 saturated heterocycles. The molecule has 0 saturated carbocycles. The van der Waals surface area contributed by atoms with E-state index in [1.807, 2.05) is 39.8 Å². The van der Waals surface area contributed by atoms with Gasteiger partial charge in [-0.15, -0.1) is 0 Å². The van der Waals surface area contributed by atoms with Gasteiger partial charge in [-0.3, -0.25) is 0 Å². The average molecular weight is 354 g/mol. The minimum atomic E-state index is -0.944. The van der Waals surface area contributed by atoms with Gasteiger partial charge < -0.3 is 19.3 Å². The molecule has 0 aliphatic rings. The van der Waals surface area contributed by atoms with Gasteiger partial charge in [-0.2, -0.15) is 0 Å². The summed E-state index contributed by atoms with van der Waals surface area (Å²) in [7, 11) is 2.63. The second-order valence-corrected chi connectivity index (χ2v) is 5.71. The van der Waals surface area contributed by atoms with Gasteiger partial charge in [0.2, 0.25) is 0 Å². The van der Waals surface area contributed by atoms with E-state index in [-0.39, 0.29) is 5.97 Å². The first-order valence-electron chi connectivity index (χ1n) is 8.29. The van der Waals surface area contributed by atoms with Crippen molar-refractivity contribution in [1.82, 2.24) is 0 Å². The van der Waals surface area contributed by atoms with E-state index in [4.69, 9.17) is 14.6 Å². The predicted molar refractivity (Wildman–Crippen MR) is 95.7 cm³/mol. The van der Waals surface area contributed by atoms with Crippen LogP contribution in [0.2, 0.25) is 0 Å². The first-order valence-corrected chi connectivity index (χ1v) is 8.29. The molecule has 0 aliphatic heterocycles. The van der Waals surface area contributed by atoms with Gasteiger partial charge in [-0.1, -0.05) is 31.5 Å². The maximum absolute atomic E-state index is 11.5. The summed E-state index contributed by atoms with van der Waals surface area (Å²) in [5.74, 6) is -0.104. The molecule has 6 heteroatoms. The third kappa shape index (κ3) is 7.56. The third-order valence-corrected chi connectivity index (χ3v) is 3.56. The molecule has 1 N–H and O–H groups in total. The van der Waals surface area contributed by atoms with Gasteiger partial charge in [-0.25, -0.2) is 9.59 Å². The molecule has 142 valence electrons. The number of carbonyl (C=O) groups is 2. The number of rotatable bonds is 6. The molecule has 0 aromatic heterocycles. The van der Waals surface area contributed by atoms with Gasteiger partial charge in [0.15, 0.2) is 12.2 Å². The van der Waals surface area contributed by atoms with Gasteiger partial charge in [0.25, 0.3) is 0 Å². The fraction of sp³-hybridized carbons (Fsp3) is 0.579. The van der Waals surface area contributed by atoms with E-state index in [0.29, 0.717) is 12.8 Å². The minimum absolute atomic E-state index is 0.327. The summed E-state index contributed by atoms with van der Waals surface area (Å²) in [4.78, 5) is 21.8. The van der Waals surface area contributed by atoms with E-state index < -0.39 is 18.2 Å². The van der Waals surface area contributed by atoms with Crippen LogP contribution in [0.1, 0.15) is 43.4 Å². The van der Waals surface area contributed by atoms with Crippen molar-refractivity contribution in [3.63, 3.8) is 0 Å². The van der Waals surface area contributed by atoms with Gasteiger partial charge in [-0.05, 0) is 44.7 Å². The van der Waals surface area contributed by atoms with Crippen molar-refractivity contribution in [1.29, 1.82) is 0 Å². The Morgan fingerprint density at radius 3 is 1.76 bits per heavy atom. The highest BCUT2D eigenvalue weighted by Gasteiger charge is 2.20. The van der Waals surface area contributed by atoms with E-state index in [0.717, 1.165) is 16.9 Å². The number of aliphatic hydroxyl groups is 1. The molecule has 25 heavy (non-hydrogen) atoms. The zero-order valence-electron chi connectivity index (χ0n) is 16.2. The number of methoxy groups -OCH3 is 2. The number of aliphatic hydroxyl groups excluding tert-OH is 1. The highest BCUT2D eigenvalue weighted by molar-refractivity contribution is 5.75. The summed E-state index contributed by atoms with van der Waals surface area (Å²) in [6.45, 7) is 9.63. The molecule has 0 radical (unpaired) electrons. The summed E-state index contributed by atoms with van der Waals surface area (Å²) in [5.41, 5.74) is 3.29. The molecule has 0 bridgehead atoms. The number of aryl methyl sites for hydroxylation is 3. The number of esters is 2. The standard InChI is InChI=1S/C14H20O3.C5H10O3/c1-6-12(14(15)16-5)17-13-10(3)7-9(2)8-11(13)4;1-3-4(6)5(7)8-2/h7-8,12H,6H2,1-5H3;4,6H,3H2,1-2H3/t12-;4-/m01/s1. The van der Waals surface area contributed by atoms with E-state index in [9.17, 15) is 9.59 Å². The van der Waals surface area contributed by atoms with Crippen LogP contribution in [-0.2, 0) is 19.1 Å². The molecule has 1 aromatic rings. The molecule has 0 spiro atoms. The maximum Gasteiger partial charge on any atom is 0.347 e. The highest BCUT2D eigenvalue weighted by atomic mass is 16.6. The Morgan fingerprint density at radius 2 is 1.44 bits per heavy atom. The minimum Gasteiger partial charge on any atom is -0.478 e. The molecule has 0 fully saturated rings. The molecule has 1 rings (SSSR count). The topological polar surface area (TPSA) is 82.1 Å². The van der Waals surface area contributed by atoms with Crippen LogP contribution in [0.3, 0.4) is 0 Å². The Bertz CT molecular complexity index is 544. The summed E-state index contributed by atoms with van der Waals surface area (Å²) >= 11 is 0. The van der Waals surface area contributed by atoms with Gasteiger partial charge in [0.1, 0.15) is 5.75 Å². The molecule has 1 aromatic carbocycles. The first-order chi connectivity index (χ1) is 11.7. The maximum atomic E-state index is 11.5. The van der Waals surface area contributed by atoms with Crippen molar-refractivity contribution in [3.05, 3.63) is 28.8 Å². The molecule has 0 unspecified atom stereocenters. The fourth-order valence-electron chi connectivity index (χ4n) is 2.23. The quantitative estimate of drug-likeness (QED) is 0.791. The summed E-state index contributed by atoms with van der Waals surface area (Å²) in [6.07, 6.45) is -0.466. The molecule has 0 aliphatic carbocycles. The normalized spacial score (nSPS) is 12.3. The Balaban J connectivity index is 0.000000609. The van der Waals surface area contributed by atoms with Crippen LogP contribution < -0.4 is 4.74 Å². The first kappa shape index (κ1) is 22.9. The second-order valence-electron chi connectivity index (χ2n) is 5.71. The third-order valence-electron chi connectivity index (χ3n) is 3.56. The van der Waals surface area contributed by atoms with Crippen molar-refractivity contribution in [2.45, 2.75) is 59.7 Å². The summed E-state index contributed by atoms with van der Waals surface area (Å²) < 4.78 is 14.7. The molecular formula is C19H30O6. The van der Waals surface area contributed by atoms with Crippen LogP contribution in [0, 0.1) is 20.8 Å². The Kier molecular flexibility index (Phi) is 10.5. The van der Waals surface area contributed by atoms with Crippen LogP contribution in [0.5, 0.6) is 5.75 Å². The monoisotopic (exact) mass is 354 g/mol. The lowest BCUT2D eigenvalue weighted by molar-refractivity contribution is -0.150. The average Bonchev–Trinajstić information content (AvgIpc) is 2.59. The zero-order valence-corrected chi connectivity index (χ0v) is 16.2. The number of hydrogen-bond acceptors (Lipinski definition) is 6. The lowest BCUT2D eigenvalue weighted by atomic mass is 10.1. The lowest BCUT2D eigenvalue weighted by Gasteiger charge is -2.19. The van der Waals surface area contributed by atoms with Crippen LogP contribution in [0.25, 0.3) is 0 Å². The highest BCUT2D eigenvalue weighted by Crippen LogP contribution is 2.26. The molecule has 0 heterocycles. The Hall–Kier alpha value is -2.08. The summed E-state index contributed by atoms with van der Waals surface area (Å²) in [5, 5.41) is 8.65. The van der Waals surface area contributed by atoms with Crippen molar-refractivity contribution in [2.24, 2.45) is 0 Å². The lowest BCUT2D eigenvalue weighted by Crippen LogP contribution is -2.28. The van der Waals surface area contributed by atoms with Crippen LogP contribution >= 0.6 is 0 Å².